The Balaban J connectivity index is 1.81. The highest BCUT2D eigenvalue weighted by atomic mass is 16.6. The second-order valence-electron chi connectivity index (χ2n) is 9.44. The molecule has 1 aliphatic rings. The van der Waals surface area contributed by atoms with Crippen LogP contribution in [0.15, 0.2) is 48.5 Å². The Morgan fingerprint density at radius 2 is 1.64 bits per heavy atom. The zero-order valence-corrected chi connectivity index (χ0v) is 20.0. The fourth-order valence-electron chi connectivity index (χ4n) is 3.97. The Bertz CT molecular complexity index is 994. The third-order valence-electron chi connectivity index (χ3n) is 5.59. The molecule has 0 aromatic heterocycles. The van der Waals surface area contributed by atoms with Gasteiger partial charge in [-0.3, -0.25) is 14.5 Å². The van der Waals surface area contributed by atoms with Crippen molar-refractivity contribution in [1.29, 1.82) is 0 Å². The molecule has 3 amide bonds. The molecule has 7 heteroatoms. The normalized spacial score (nSPS) is 16.8. The van der Waals surface area contributed by atoms with E-state index in [-0.39, 0.29) is 11.8 Å². The zero-order chi connectivity index (χ0) is 24.2. The number of ether oxygens (including phenoxy) is 1. The molecule has 2 atom stereocenters. The van der Waals surface area contributed by atoms with Crippen molar-refractivity contribution in [3.05, 3.63) is 65.2 Å². The van der Waals surface area contributed by atoms with Crippen LogP contribution in [0.25, 0.3) is 0 Å². The third kappa shape index (κ3) is 6.12. The first-order valence-electron chi connectivity index (χ1n) is 11.3. The summed E-state index contributed by atoms with van der Waals surface area (Å²) < 4.78 is 5.47. The summed E-state index contributed by atoms with van der Waals surface area (Å²) >= 11 is 0. The number of amides is 3. The van der Waals surface area contributed by atoms with Gasteiger partial charge in [-0.05, 0) is 64.2 Å². The van der Waals surface area contributed by atoms with E-state index >= 15 is 0 Å². The number of nitrogens with zero attached hydrogens (tertiary/aromatic N) is 1. The van der Waals surface area contributed by atoms with Crippen LogP contribution in [0.3, 0.4) is 0 Å². The molecule has 2 aromatic rings. The molecule has 1 aliphatic heterocycles. The van der Waals surface area contributed by atoms with Crippen LogP contribution >= 0.6 is 0 Å². The molecule has 1 heterocycles. The number of para-hydroxylation sites is 1. The monoisotopic (exact) mass is 451 g/mol. The Hall–Kier alpha value is -3.35. The van der Waals surface area contributed by atoms with E-state index in [1.165, 1.54) is 4.90 Å². The SMILES string of the molecule is Cc1cccc(C)c1NC(=O)[C@H](NC(=O)[C@H]1CCCN1C(=O)OC(C)(C)C)c1ccccc1. The van der Waals surface area contributed by atoms with Crippen LogP contribution in [0.5, 0.6) is 0 Å². The molecule has 33 heavy (non-hydrogen) atoms. The molecule has 0 bridgehead atoms. The quantitative estimate of drug-likeness (QED) is 0.701. The molecule has 0 spiro atoms. The Labute approximate surface area is 195 Å². The summed E-state index contributed by atoms with van der Waals surface area (Å²) in [5, 5.41) is 5.86. The van der Waals surface area contributed by atoms with Gasteiger partial charge >= 0.3 is 6.09 Å². The van der Waals surface area contributed by atoms with Gasteiger partial charge in [0.1, 0.15) is 17.7 Å². The average Bonchev–Trinajstić information content (AvgIpc) is 3.24. The van der Waals surface area contributed by atoms with E-state index in [1.54, 1.807) is 32.9 Å². The summed E-state index contributed by atoms with van der Waals surface area (Å²) in [5.41, 5.74) is 2.62. The lowest BCUT2D eigenvalue weighted by Crippen LogP contribution is -2.49. The first kappa shape index (κ1) is 24.3. The Morgan fingerprint density at radius 3 is 2.24 bits per heavy atom. The van der Waals surface area contributed by atoms with Crippen LogP contribution in [0.2, 0.25) is 0 Å². The molecule has 176 valence electrons. The minimum atomic E-state index is -0.904. The van der Waals surface area contributed by atoms with E-state index < -0.39 is 23.8 Å². The van der Waals surface area contributed by atoms with E-state index in [2.05, 4.69) is 10.6 Å². The van der Waals surface area contributed by atoms with E-state index in [0.29, 0.717) is 24.9 Å². The van der Waals surface area contributed by atoms with E-state index in [4.69, 9.17) is 4.74 Å². The fraction of sp³-hybridized carbons (Fsp3) is 0.423. The van der Waals surface area contributed by atoms with Crippen LogP contribution in [0, 0.1) is 13.8 Å². The molecule has 1 saturated heterocycles. The van der Waals surface area contributed by atoms with Gasteiger partial charge in [-0.15, -0.1) is 0 Å². The van der Waals surface area contributed by atoms with Crippen molar-refractivity contribution in [3.63, 3.8) is 0 Å². The largest absolute Gasteiger partial charge is 0.444 e. The summed E-state index contributed by atoms with van der Waals surface area (Å²) in [5.74, 6) is -0.711. The second-order valence-corrected chi connectivity index (χ2v) is 9.44. The molecule has 2 N–H and O–H groups in total. The lowest BCUT2D eigenvalue weighted by atomic mass is 10.0. The number of anilines is 1. The predicted octanol–water partition coefficient (Wildman–Crippen LogP) is 4.50. The summed E-state index contributed by atoms with van der Waals surface area (Å²) in [6.07, 6.45) is 0.698. The second kappa shape index (κ2) is 10.1. The number of benzene rings is 2. The highest BCUT2D eigenvalue weighted by Crippen LogP contribution is 2.25. The number of aryl methyl sites for hydroxylation is 2. The zero-order valence-electron chi connectivity index (χ0n) is 20.0. The van der Waals surface area contributed by atoms with Gasteiger partial charge in [0.25, 0.3) is 5.91 Å². The van der Waals surface area contributed by atoms with Gasteiger partial charge in [0, 0.05) is 12.2 Å². The van der Waals surface area contributed by atoms with Crippen molar-refractivity contribution in [2.75, 3.05) is 11.9 Å². The van der Waals surface area contributed by atoms with Gasteiger partial charge in [-0.1, -0.05) is 48.5 Å². The van der Waals surface area contributed by atoms with E-state index in [0.717, 1.165) is 16.8 Å². The lowest BCUT2D eigenvalue weighted by Gasteiger charge is -2.29. The molecule has 0 saturated carbocycles. The Kier molecular flexibility index (Phi) is 7.41. The fourth-order valence-corrected chi connectivity index (χ4v) is 3.97. The number of carbonyl (C=O) groups excluding carboxylic acids is 3. The van der Waals surface area contributed by atoms with Gasteiger partial charge in [-0.25, -0.2) is 4.79 Å². The third-order valence-corrected chi connectivity index (χ3v) is 5.59. The van der Waals surface area contributed by atoms with Crippen LogP contribution in [-0.2, 0) is 14.3 Å². The van der Waals surface area contributed by atoms with Crippen molar-refractivity contribution < 1.29 is 19.1 Å². The number of carbonyl (C=O) groups is 3. The van der Waals surface area contributed by atoms with Crippen LogP contribution < -0.4 is 10.6 Å². The van der Waals surface area contributed by atoms with Crippen molar-refractivity contribution in [2.45, 2.75) is 65.1 Å². The van der Waals surface area contributed by atoms with Crippen molar-refractivity contribution in [2.24, 2.45) is 0 Å². The van der Waals surface area contributed by atoms with Crippen LogP contribution in [0.4, 0.5) is 10.5 Å². The van der Waals surface area contributed by atoms with Crippen LogP contribution in [0.1, 0.15) is 56.3 Å². The Morgan fingerprint density at radius 1 is 1.00 bits per heavy atom. The summed E-state index contributed by atoms with van der Waals surface area (Å²) in [6.45, 7) is 9.67. The maximum absolute atomic E-state index is 13.3. The first-order chi connectivity index (χ1) is 15.6. The minimum absolute atomic E-state index is 0.339. The molecule has 0 radical (unpaired) electrons. The maximum Gasteiger partial charge on any atom is 0.410 e. The van der Waals surface area contributed by atoms with Gasteiger partial charge in [0.05, 0.1) is 0 Å². The minimum Gasteiger partial charge on any atom is -0.444 e. The predicted molar refractivity (Wildman–Crippen MR) is 128 cm³/mol. The topological polar surface area (TPSA) is 87.7 Å². The maximum atomic E-state index is 13.3. The number of hydrogen-bond donors (Lipinski definition) is 2. The van der Waals surface area contributed by atoms with Gasteiger partial charge in [0.2, 0.25) is 5.91 Å². The molecule has 0 unspecified atom stereocenters. The number of nitrogens with one attached hydrogen (secondary N) is 2. The molecule has 3 rings (SSSR count). The molecule has 0 aliphatic carbocycles. The summed E-state index contributed by atoms with van der Waals surface area (Å²) in [6, 6.07) is 13.3. The smallest absolute Gasteiger partial charge is 0.410 e. The van der Waals surface area contributed by atoms with Gasteiger partial charge in [-0.2, -0.15) is 0 Å². The van der Waals surface area contributed by atoms with Gasteiger partial charge in [0.15, 0.2) is 0 Å². The average molecular weight is 452 g/mol. The lowest BCUT2D eigenvalue weighted by molar-refractivity contribution is -0.129. The summed E-state index contributed by atoms with van der Waals surface area (Å²) in [4.78, 5) is 40.7. The highest BCUT2D eigenvalue weighted by Gasteiger charge is 2.38. The van der Waals surface area contributed by atoms with Gasteiger partial charge < -0.3 is 15.4 Å². The molecular weight excluding hydrogens is 418 g/mol. The van der Waals surface area contributed by atoms with E-state index in [9.17, 15) is 14.4 Å². The highest BCUT2D eigenvalue weighted by molar-refractivity contribution is 5.99. The van der Waals surface area contributed by atoms with Crippen LogP contribution in [-0.4, -0.2) is 41.0 Å². The van der Waals surface area contributed by atoms with Crippen molar-refractivity contribution >= 4 is 23.6 Å². The molecule has 1 fully saturated rings. The number of likely N-dealkylation sites (tertiary alicyclic amines) is 1. The number of rotatable bonds is 5. The number of hydrogen-bond acceptors (Lipinski definition) is 4. The van der Waals surface area contributed by atoms with E-state index in [1.807, 2.05) is 50.2 Å². The molecular formula is C26H33N3O4. The standard InChI is InChI=1S/C26H33N3O4/c1-17-11-9-12-18(2)21(17)27-24(31)22(19-13-7-6-8-14-19)28-23(30)20-15-10-16-29(20)25(32)33-26(3,4)5/h6-9,11-14,20,22H,10,15-16H2,1-5H3,(H,27,31)(H,28,30)/t20-,22-/m1/s1. The van der Waals surface area contributed by atoms with Crippen molar-refractivity contribution in [1.82, 2.24) is 10.2 Å². The first-order valence-corrected chi connectivity index (χ1v) is 11.3. The molecule has 2 aromatic carbocycles. The molecule has 7 nitrogen and oxygen atoms in total. The summed E-state index contributed by atoms with van der Waals surface area (Å²) in [7, 11) is 0. The van der Waals surface area contributed by atoms with Crippen molar-refractivity contribution in [3.8, 4) is 0 Å².